The standard InChI is InChI=1S/C10H10N2O2/c1-7-4-5-8(11-2)6-9(7)14-10(13)12-3/h4-6H,1,3H3,(H,12,13). The normalized spacial score (nSPS) is 8.93. The monoisotopic (exact) mass is 190 g/mol. The third kappa shape index (κ3) is 2.23. The highest BCUT2D eigenvalue weighted by Gasteiger charge is 2.05. The molecule has 0 radical (unpaired) electrons. The lowest BCUT2D eigenvalue weighted by Crippen LogP contribution is -2.22. The molecule has 1 amide bonds. The van der Waals surface area contributed by atoms with E-state index in [-0.39, 0.29) is 0 Å². The van der Waals surface area contributed by atoms with Crippen molar-refractivity contribution in [2.75, 3.05) is 7.05 Å². The van der Waals surface area contributed by atoms with Crippen molar-refractivity contribution < 1.29 is 9.53 Å². The number of nitrogens with zero attached hydrogens (tertiary/aromatic N) is 1. The number of hydrogen-bond donors (Lipinski definition) is 1. The molecule has 1 aromatic carbocycles. The van der Waals surface area contributed by atoms with Gasteiger partial charge in [0.2, 0.25) is 0 Å². The number of amides is 1. The van der Waals surface area contributed by atoms with Crippen LogP contribution >= 0.6 is 0 Å². The minimum Gasteiger partial charge on any atom is -0.411 e. The van der Waals surface area contributed by atoms with Gasteiger partial charge in [0.1, 0.15) is 5.75 Å². The van der Waals surface area contributed by atoms with Crippen LogP contribution in [0, 0.1) is 13.5 Å². The summed E-state index contributed by atoms with van der Waals surface area (Å²) in [5.74, 6) is 0.415. The fourth-order valence-electron chi connectivity index (χ4n) is 0.919. The van der Waals surface area contributed by atoms with E-state index in [4.69, 9.17) is 11.3 Å². The molecule has 0 aromatic heterocycles. The summed E-state index contributed by atoms with van der Waals surface area (Å²) in [6.45, 7) is 8.62. The van der Waals surface area contributed by atoms with Crippen molar-refractivity contribution in [2.24, 2.45) is 0 Å². The molecule has 0 aliphatic heterocycles. The summed E-state index contributed by atoms with van der Waals surface area (Å²) in [6.07, 6.45) is -0.532. The van der Waals surface area contributed by atoms with Crippen molar-refractivity contribution in [3.05, 3.63) is 35.2 Å². The Morgan fingerprint density at radius 1 is 1.57 bits per heavy atom. The summed E-state index contributed by atoms with van der Waals surface area (Å²) in [5.41, 5.74) is 1.27. The SMILES string of the molecule is [C-]#[N+]c1ccc(C)c(OC(=O)NC)c1. The molecule has 14 heavy (non-hydrogen) atoms. The van der Waals surface area contributed by atoms with Gasteiger partial charge in [-0.05, 0) is 18.6 Å². The molecular weight excluding hydrogens is 180 g/mol. The minimum atomic E-state index is -0.532. The number of benzene rings is 1. The second kappa shape index (κ2) is 4.28. The van der Waals surface area contributed by atoms with Crippen LogP contribution in [-0.4, -0.2) is 13.1 Å². The molecule has 0 unspecified atom stereocenters. The molecule has 1 rings (SSSR count). The van der Waals surface area contributed by atoms with E-state index in [0.717, 1.165) is 5.56 Å². The van der Waals surface area contributed by atoms with Gasteiger partial charge in [-0.25, -0.2) is 9.64 Å². The molecule has 0 bridgehead atoms. The van der Waals surface area contributed by atoms with Gasteiger partial charge in [-0.15, -0.1) is 0 Å². The van der Waals surface area contributed by atoms with Gasteiger partial charge in [0, 0.05) is 7.05 Å². The molecule has 0 spiro atoms. The zero-order valence-corrected chi connectivity index (χ0v) is 8.00. The highest BCUT2D eigenvalue weighted by Crippen LogP contribution is 2.24. The first kappa shape index (κ1) is 10.1. The molecule has 72 valence electrons. The van der Waals surface area contributed by atoms with Crippen LogP contribution < -0.4 is 10.1 Å². The molecule has 4 heteroatoms. The molecule has 0 saturated heterocycles. The molecule has 1 N–H and O–H groups in total. The lowest BCUT2D eigenvalue weighted by atomic mass is 10.2. The minimum absolute atomic E-state index is 0.415. The first-order valence-corrected chi connectivity index (χ1v) is 4.05. The summed E-state index contributed by atoms with van der Waals surface area (Å²) in [6, 6.07) is 4.96. The van der Waals surface area contributed by atoms with E-state index in [1.54, 1.807) is 12.1 Å². The van der Waals surface area contributed by atoms with Crippen LogP contribution in [0.2, 0.25) is 0 Å². The molecule has 1 aromatic rings. The predicted octanol–water partition coefficient (Wildman–Crippen LogP) is 2.26. The van der Waals surface area contributed by atoms with Crippen LogP contribution in [0.4, 0.5) is 10.5 Å². The third-order valence-corrected chi connectivity index (χ3v) is 1.71. The topological polar surface area (TPSA) is 42.7 Å². The highest BCUT2D eigenvalue weighted by molar-refractivity contribution is 5.71. The maximum absolute atomic E-state index is 10.9. The van der Waals surface area contributed by atoms with E-state index in [9.17, 15) is 4.79 Å². The number of rotatable bonds is 1. The zero-order chi connectivity index (χ0) is 10.6. The smallest absolute Gasteiger partial charge is 0.411 e. The van der Waals surface area contributed by atoms with Gasteiger partial charge in [0.25, 0.3) is 0 Å². The van der Waals surface area contributed by atoms with Crippen molar-refractivity contribution in [1.29, 1.82) is 0 Å². The average molecular weight is 190 g/mol. The number of hydrogen-bond acceptors (Lipinski definition) is 2. The van der Waals surface area contributed by atoms with E-state index in [1.807, 2.05) is 6.92 Å². The van der Waals surface area contributed by atoms with Gasteiger partial charge in [-0.1, -0.05) is 12.1 Å². The largest absolute Gasteiger partial charge is 0.412 e. The van der Waals surface area contributed by atoms with E-state index in [2.05, 4.69) is 10.2 Å². The molecular formula is C10H10N2O2. The number of carbonyl (C=O) groups excluding carboxylic acids is 1. The van der Waals surface area contributed by atoms with E-state index >= 15 is 0 Å². The summed E-state index contributed by atoms with van der Waals surface area (Å²) in [5, 5.41) is 2.34. The molecule has 0 atom stereocenters. The van der Waals surface area contributed by atoms with E-state index in [1.165, 1.54) is 13.1 Å². The van der Waals surface area contributed by atoms with Crippen LogP contribution in [-0.2, 0) is 0 Å². The van der Waals surface area contributed by atoms with Crippen LogP contribution in [0.15, 0.2) is 18.2 Å². The molecule has 0 fully saturated rings. The van der Waals surface area contributed by atoms with Gasteiger partial charge in [0.05, 0.1) is 6.57 Å². The second-order valence-corrected chi connectivity index (χ2v) is 2.70. The van der Waals surface area contributed by atoms with Gasteiger partial charge >= 0.3 is 6.09 Å². The summed E-state index contributed by atoms with van der Waals surface area (Å²) in [7, 11) is 1.48. The quantitative estimate of drug-likeness (QED) is 0.690. The summed E-state index contributed by atoms with van der Waals surface area (Å²) >= 11 is 0. The van der Waals surface area contributed by atoms with Crippen LogP contribution in [0.5, 0.6) is 5.75 Å². The lowest BCUT2D eigenvalue weighted by molar-refractivity contribution is 0.202. The van der Waals surface area contributed by atoms with Crippen LogP contribution in [0.25, 0.3) is 4.85 Å². The van der Waals surface area contributed by atoms with E-state index < -0.39 is 6.09 Å². The first-order valence-electron chi connectivity index (χ1n) is 4.05. The molecule has 0 aliphatic rings. The van der Waals surface area contributed by atoms with Gasteiger partial charge in [-0.3, -0.25) is 0 Å². The average Bonchev–Trinajstić information content (AvgIpc) is 2.21. The third-order valence-electron chi connectivity index (χ3n) is 1.71. The Hall–Kier alpha value is -2.02. The Bertz CT molecular complexity index is 394. The Morgan fingerprint density at radius 3 is 2.86 bits per heavy atom. The van der Waals surface area contributed by atoms with Crippen LogP contribution in [0.1, 0.15) is 5.56 Å². The maximum atomic E-state index is 10.9. The first-order chi connectivity index (χ1) is 6.67. The van der Waals surface area contributed by atoms with Crippen molar-refractivity contribution in [3.63, 3.8) is 0 Å². The molecule has 4 nitrogen and oxygen atoms in total. The zero-order valence-electron chi connectivity index (χ0n) is 8.00. The lowest BCUT2D eigenvalue weighted by Gasteiger charge is -2.06. The molecule has 0 aliphatic carbocycles. The number of ether oxygens (including phenoxy) is 1. The summed E-state index contributed by atoms with van der Waals surface area (Å²) < 4.78 is 4.94. The van der Waals surface area contributed by atoms with Crippen LogP contribution in [0.3, 0.4) is 0 Å². The van der Waals surface area contributed by atoms with Crippen molar-refractivity contribution in [2.45, 2.75) is 6.92 Å². The predicted molar refractivity (Wildman–Crippen MR) is 52.5 cm³/mol. The molecule has 0 saturated carbocycles. The fourth-order valence-corrected chi connectivity index (χ4v) is 0.919. The van der Waals surface area contributed by atoms with Gasteiger partial charge < -0.3 is 10.1 Å². The number of nitrogens with one attached hydrogen (secondary N) is 1. The fraction of sp³-hybridized carbons (Fsp3) is 0.200. The number of carbonyl (C=O) groups is 1. The maximum Gasteiger partial charge on any atom is 0.412 e. The highest BCUT2D eigenvalue weighted by atomic mass is 16.6. The van der Waals surface area contributed by atoms with Gasteiger partial charge in [-0.2, -0.15) is 0 Å². The number of aryl methyl sites for hydroxylation is 1. The van der Waals surface area contributed by atoms with E-state index in [0.29, 0.717) is 11.4 Å². The van der Waals surface area contributed by atoms with Crippen molar-refractivity contribution in [1.82, 2.24) is 5.32 Å². The Balaban J connectivity index is 2.96. The van der Waals surface area contributed by atoms with Crippen molar-refractivity contribution >= 4 is 11.8 Å². The molecule has 0 heterocycles. The Kier molecular flexibility index (Phi) is 3.08. The Morgan fingerprint density at radius 2 is 2.29 bits per heavy atom. The summed E-state index contributed by atoms with van der Waals surface area (Å²) in [4.78, 5) is 14.2. The Labute approximate surface area is 82.3 Å². The second-order valence-electron chi connectivity index (χ2n) is 2.70. The van der Waals surface area contributed by atoms with Crippen molar-refractivity contribution in [3.8, 4) is 5.75 Å². The van der Waals surface area contributed by atoms with Gasteiger partial charge in [0.15, 0.2) is 5.69 Å².